The van der Waals surface area contributed by atoms with Gasteiger partial charge < -0.3 is 9.64 Å². The van der Waals surface area contributed by atoms with Gasteiger partial charge in [-0.15, -0.1) is 11.8 Å². The Morgan fingerprint density at radius 3 is 3.00 bits per heavy atom. The first-order chi connectivity index (χ1) is 9.77. The lowest BCUT2D eigenvalue weighted by Gasteiger charge is -2.39. The number of amides is 1. The lowest BCUT2D eigenvalue weighted by Crippen LogP contribution is -2.47. The number of aromatic nitrogens is 1. The largest absolute Gasteiger partial charge is 0.381 e. The molecule has 0 bridgehead atoms. The molecule has 2 saturated heterocycles. The lowest BCUT2D eigenvalue weighted by atomic mass is 9.79. The van der Waals surface area contributed by atoms with E-state index in [2.05, 4.69) is 4.98 Å². The highest BCUT2D eigenvalue weighted by atomic mass is 32.2. The van der Waals surface area contributed by atoms with E-state index in [1.54, 1.807) is 24.2 Å². The van der Waals surface area contributed by atoms with Crippen LogP contribution in [0.4, 0.5) is 0 Å². The van der Waals surface area contributed by atoms with Crippen LogP contribution in [0.5, 0.6) is 0 Å². The molecule has 0 radical (unpaired) electrons. The van der Waals surface area contributed by atoms with Gasteiger partial charge in [0.1, 0.15) is 0 Å². The predicted octanol–water partition coefficient (Wildman–Crippen LogP) is 2.20. The highest BCUT2D eigenvalue weighted by molar-refractivity contribution is 8.00. The van der Waals surface area contributed by atoms with Gasteiger partial charge in [-0.3, -0.25) is 9.78 Å². The molecule has 5 heteroatoms. The van der Waals surface area contributed by atoms with Gasteiger partial charge in [0, 0.05) is 42.4 Å². The van der Waals surface area contributed by atoms with Crippen molar-refractivity contribution in [1.29, 1.82) is 0 Å². The third-order valence-electron chi connectivity index (χ3n) is 4.21. The summed E-state index contributed by atoms with van der Waals surface area (Å²) in [5, 5.41) is 0. The van der Waals surface area contributed by atoms with Crippen LogP contribution in [0.25, 0.3) is 0 Å². The van der Waals surface area contributed by atoms with Crippen LogP contribution < -0.4 is 0 Å². The maximum Gasteiger partial charge on any atom is 0.232 e. The average molecular weight is 292 g/mol. The molecule has 2 aliphatic heterocycles. The standard InChI is InChI=1S/C15H20N2O2S/c18-14(10-20-13-2-6-16-7-3-13)17-8-1-4-15(11-17)5-9-19-12-15/h2-3,6-7H,1,4-5,8-12H2. The molecule has 0 aromatic carbocycles. The van der Waals surface area contributed by atoms with Crippen LogP contribution in [0.3, 0.4) is 0 Å². The maximum atomic E-state index is 12.4. The van der Waals surface area contributed by atoms with E-state index in [9.17, 15) is 4.79 Å². The Bertz CT molecular complexity index is 460. The Kier molecular flexibility index (Phi) is 4.27. The highest BCUT2D eigenvalue weighted by Gasteiger charge is 2.40. The molecule has 1 amide bonds. The number of likely N-dealkylation sites (tertiary alicyclic amines) is 1. The van der Waals surface area contributed by atoms with Gasteiger partial charge in [-0.25, -0.2) is 0 Å². The molecular formula is C15H20N2O2S. The number of pyridine rings is 1. The van der Waals surface area contributed by atoms with Crippen molar-refractivity contribution in [2.45, 2.75) is 24.2 Å². The summed E-state index contributed by atoms with van der Waals surface area (Å²) in [7, 11) is 0. The van der Waals surface area contributed by atoms with Crippen molar-refractivity contribution in [3.05, 3.63) is 24.5 Å². The number of carbonyl (C=O) groups is 1. The van der Waals surface area contributed by atoms with Gasteiger partial charge in [0.05, 0.1) is 12.4 Å². The molecule has 3 rings (SSSR count). The van der Waals surface area contributed by atoms with Gasteiger partial charge in [-0.1, -0.05) is 0 Å². The van der Waals surface area contributed by atoms with Gasteiger partial charge >= 0.3 is 0 Å². The zero-order chi connectivity index (χ0) is 13.8. The molecule has 1 unspecified atom stereocenters. The van der Waals surface area contributed by atoms with E-state index in [4.69, 9.17) is 4.74 Å². The van der Waals surface area contributed by atoms with Gasteiger partial charge in [-0.05, 0) is 31.4 Å². The van der Waals surface area contributed by atoms with E-state index >= 15 is 0 Å². The van der Waals surface area contributed by atoms with Crippen LogP contribution in [-0.4, -0.2) is 47.8 Å². The second-order valence-electron chi connectivity index (χ2n) is 5.69. The monoisotopic (exact) mass is 292 g/mol. The third kappa shape index (κ3) is 3.15. The van der Waals surface area contributed by atoms with E-state index in [0.29, 0.717) is 5.75 Å². The van der Waals surface area contributed by atoms with Crippen molar-refractivity contribution < 1.29 is 9.53 Å². The predicted molar refractivity (Wildman–Crippen MR) is 78.6 cm³/mol. The number of rotatable bonds is 3. The molecule has 108 valence electrons. The van der Waals surface area contributed by atoms with Gasteiger partial charge in [-0.2, -0.15) is 0 Å². The lowest BCUT2D eigenvalue weighted by molar-refractivity contribution is -0.131. The van der Waals surface area contributed by atoms with Crippen molar-refractivity contribution in [1.82, 2.24) is 9.88 Å². The summed E-state index contributed by atoms with van der Waals surface area (Å²) in [5.74, 6) is 0.763. The zero-order valence-electron chi connectivity index (χ0n) is 11.6. The molecule has 1 spiro atoms. The zero-order valence-corrected chi connectivity index (χ0v) is 12.4. The highest BCUT2D eigenvalue weighted by Crippen LogP contribution is 2.37. The molecule has 0 N–H and O–H groups in total. The Balaban J connectivity index is 1.54. The first-order valence-electron chi connectivity index (χ1n) is 7.16. The van der Waals surface area contributed by atoms with E-state index in [0.717, 1.165) is 44.0 Å². The summed E-state index contributed by atoms with van der Waals surface area (Å²) in [4.78, 5) is 19.5. The number of hydrogen-bond donors (Lipinski definition) is 0. The van der Waals surface area contributed by atoms with Crippen LogP contribution in [0.15, 0.2) is 29.4 Å². The Hall–Kier alpha value is -1.07. The molecule has 20 heavy (non-hydrogen) atoms. The smallest absolute Gasteiger partial charge is 0.232 e. The molecule has 0 saturated carbocycles. The second-order valence-corrected chi connectivity index (χ2v) is 6.74. The van der Waals surface area contributed by atoms with Crippen LogP contribution in [0, 0.1) is 5.41 Å². The van der Waals surface area contributed by atoms with Crippen molar-refractivity contribution in [3.63, 3.8) is 0 Å². The van der Waals surface area contributed by atoms with Crippen molar-refractivity contribution >= 4 is 17.7 Å². The number of hydrogen-bond acceptors (Lipinski definition) is 4. The number of carbonyl (C=O) groups excluding carboxylic acids is 1. The summed E-state index contributed by atoms with van der Waals surface area (Å²) in [6.07, 6.45) is 6.94. The van der Waals surface area contributed by atoms with Crippen LogP contribution >= 0.6 is 11.8 Å². The fourth-order valence-corrected chi connectivity index (χ4v) is 3.85. The summed E-state index contributed by atoms with van der Waals surface area (Å²) in [6.45, 7) is 3.46. The quantitative estimate of drug-likeness (QED) is 0.801. The molecule has 0 aliphatic carbocycles. The normalized spacial score (nSPS) is 26.1. The fourth-order valence-electron chi connectivity index (χ4n) is 3.06. The van der Waals surface area contributed by atoms with E-state index in [-0.39, 0.29) is 11.3 Å². The minimum Gasteiger partial charge on any atom is -0.381 e. The number of piperidine rings is 1. The second kappa shape index (κ2) is 6.14. The topological polar surface area (TPSA) is 42.4 Å². The van der Waals surface area contributed by atoms with Crippen LogP contribution in [-0.2, 0) is 9.53 Å². The van der Waals surface area contributed by atoms with Crippen molar-refractivity contribution in [2.24, 2.45) is 5.41 Å². The maximum absolute atomic E-state index is 12.4. The van der Waals surface area contributed by atoms with Gasteiger partial charge in [0.25, 0.3) is 0 Å². The Morgan fingerprint density at radius 2 is 2.25 bits per heavy atom. The molecule has 2 fully saturated rings. The Morgan fingerprint density at radius 1 is 1.40 bits per heavy atom. The third-order valence-corrected chi connectivity index (χ3v) is 5.21. The van der Waals surface area contributed by atoms with E-state index < -0.39 is 0 Å². The van der Waals surface area contributed by atoms with E-state index in [1.165, 1.54) is 6.42 Å². The molecule has 3 heterocycles. The molecule has 1 aromatic rings. The number of thioether (sulfide) groups is 1. The number of ether oxygens (including phenoxy) is 1. The summed E-state index contributed by atoms with van der Waals surface area (Å²) >= 11 is 1.59. The van der Waals surface area contributed by atoms with Crippen LogP contribution in [0.1, 0.15) is 19.3 Å². The molecule has 4 nitrogen and oxygen atoms in total. The van der Waals surface area contributed by atoms with Gasteiger partial charge in [0.2, 0.25) is 5.91 Å². The molecular weight excluding hydrogens is 272 g/mol. The summed E-state index contributed by atoms with van der Waals surface area (Å²) in [6, 6.07) is 3.89. The van der Waals surface area contributed by atoms with Gasteiger partial charge in [0.15, 0.2) is 0 Å². The van der Waals surface area contributed by atoms with Crippen LogP contribution in [0.2, 0.25) is 0 Å². The minimum absolute atomic E-state index is 0.245. The molecule has 1 aromatic heterocycles. The van der Waals surface area contributed by atoms with E-state index in [1.807, 2.05) is 17.0 Å². The average Bonchev–Trinajstić information content (AvgIpc) is 2.93. The molecule has 1 atom stereocenters. The van der Waals surface area contributed by atoms with Crippen molar-refractivity contribution in [2.75, 3.05) is 32.1 Å². The Labute approximate surface area is 123 Å². The minimum atomic E-state index is 0.245. The molecule has 2 aliphatic rings. The fraction of sp³-hybridized carbons (Fsp3) is 0.600. The first kappa shape index (κ1) is 13.9. The van der Waals surface area contributed by atoms with Crippen molar-refractivity contribution in [3.8, 4) is 0 Å². The number of nitrogens with zero attached hydrogens (tertiary/aromatic N) is 2. The SMILES string of the molecule is O=C(CSc1ccncc1)N1CCCC2(CCOC2)C1. The summed E-state index contributed by atoms with van der Waals surface area (Å²) in [5.41, 5.74) is 0.245. The first-order valence-corrected chi connectivity index (χ1v) is 8.14. The summed E-state index contributed by atoms with van der Waals surface area (Å²) < 4.78 is 5.55.